The molecule has 0 bridgehead atoms. The molecule has 0 atom stereocenters. The zero-order chi connectivity index (χ0) is 23.8. The summed E-state index contributed by atoms with van der Waals surface area (Å²) < 4.78 is 11.1. The number of ether oxygens (including phenoxy) is 2. The molecule has 1 fully saturated rings. The number of allylic oxidation sites excluding steroid dienone is 2. The minimum Gasteiger partial charge on any atom is -0.454 e. The van der Waals surface area contributed by atoms with Gasteiger partial charge >= 0.3 is 0 Å². The van der Waals surface area contributed by atoms with Crippen molar-refractivity contribution in [3.05, 3.63) is 29.8 Å². The predicted molar refractivity (Wildman–Crippen MR) is 141 cm³/mol. The Bertz CT molecular complexity index is 751. The van der Waals surface area contributed by atoms with Crippen LogP contribution in [0.1, 0.15) is 122 Å². The number of hydrogen-bond donors (Lipinski definition) is 0. The Hall–Kier alpha value is -1.97. The van der Waals surface area contributed by atoms with Crippen molar-refractivity contribution >= 4 is 11.5 Å². The van der Waals surface area contributed by atoms with Crippen LogP contribution in [-0.2, 0) is 4.79 Å². The second-order valence-electron chi connectivity index (χ2n) is 10.1. The van der Waals surface area contributed by atoms with E-state index in [9.17, 15) is 4.79 Å². The molecule has 0 N–H and O–H groups in total. The van der Waals surface area contributed by atoms with Crippen molar-refractivity contribution < 1.29 is 14.3 Å². The summed E-state index contributed by atoms with van der Waals surface area (Å²) >= 11 is 0. The van der Waals surface area contributed by atoms with Crippen LogP contribution < -0.4 is 9.47 Å². The van der Waals surface area contributed by atoms with Crippen LogP contribution in [0.3, 0.4) is 0 Å². The van der Waals surface area contributed by atoms with Crippen LogP contribution in [0.25, 0.3) is 5.57 Å². The Morgan fingerprint density at radius 1 is 0.824 bits per heavy atom. The first-order valence-electron chi connectivity index (χ1n) is 14.1. The number of nitrogens with zero attached hydrogens (tertiary/aromatic N) is 1. The molecule has 2 aliphatic rings. The van der Waals surface area contributed by atoms with Gasteiger partial charge in [0, 0.05) is 19.5 Å². The third-order valence-electron chi connectivity index (χ3n) is 7.24. The van der Waals surface area contributed by atoms with Gasteiger partial charge in [-0.25, -0.2) is 0 Å². The lowest BCUT2D eigenvalue weighted by Crippen LogP contribution is -2.35. The average molecular weight is 470 g/mol. The second kappa shape index (κ2) is 15.8. The maximum Gasteiger partial charge on any atom is 0.231 e. The number of carbonyl (C=O) groups excluding carboxylic acids is 1. The van der Waals surface area contributed by atoms with E-state index in [1.165, 1.54) is 81.8 Å². The van der Waals surface area contributed by atoms with Crippen LogP contribution in [0, 0.1) is 0 Å². The number of likely N-dealkylation sites (tertiary alicyclic amines) is 1. The quantitative estimate of drug-likeness (QED) is 0.229. The first-order chi connectivity index (χ1) is 16.8. The highest BCUT2D eigenvalue weighted by Gasteiger charge is 2.16. The molecule has 0 unspecified atom stereocenters. The Labute approximate surface area is 208 Å². The van der Waals surface area contributed by atoms with E-state index in [4.69, 9.17) is 9.47 Å². The van der Waals surface area contributed by atoms with E-state index >= 15 is 0 Å². The number of rotatable bonds is 16. The molecular formula is C30H47NO3. The smallest absolute Gasteiger partial charge is 0.231 e. The second-order valence-corrected chi connectivity index (χ2v) is 10.1. The summed E-state index contributed by atoms with van der Waals surface area (Å²) in [6.07, 6.45) is 23.1. The number of piperidine rings is 1. The van der Waals surface area contributed by atoms with E-state index in [0.29, 0.717) is 12.7 Å². The molecule has 0 radical (unpaired) electrons. The molecule has 0 spiro atoms. The summed E-state index contributed by atoms with van der Waals surface area (Å²) in [4.78, 5) is 14.4. The third-order valence-corrected chi connectivity index (χ3v) is 7.24. The first-order valence-corrected chi connectivity index (χ1v) is 14.1. The lowest BCUT2D eigenvalue weighted by molar-refractivity contribution is -0.132. The van der Waals surface area contributed by atoms with Crippen molar-refractivity contribution in [1.82, 2.24) is 4.90 Å². The normalized spacial score (nSPS) is 15.7. The van der Waals surface area contributed by atoms with Gasteiger partial charge in [-0.2, -0.15) is 0 Å². The van der Waals surface area contributed by atoms with Gasteiger partial charge in [0.05, 0.1) is 0 Å². The number of unbranched alkanes of at least 4 members (excludes halogenated alkanes) is 10. The van der Waals surface area contributed by atoms with Gasteiger partial charge in [-0.1, -0.05) is 70.4 Å². The maximum absolute atomic E-state index is 12.4. The van der Waals surface area contributed by atoms with Crippen LogP contribution in [0.2, 0.25) is 0 Å². The highest BCUT2D eigenvalue weighted by Crippen LogP contribution is 2.36. The van der Waals surface area contributed by atoms with E-state index < -0.39 is 0 Å². The minimum absolute atomic E-state index is 0.325. The van der Waals surface area contributed by atoms with Gasteiger partial charge in [-0.05, 0) is 74.6 Å². The summed E-state index contributed by atoms with van der Waals surface area (Å²) in [5.41, 5.74) is 2.71. The zero-order valence-electron chi connectivity index (χ0n) is 21.6. The molecule has 190 valence electrons. The molecule has 0 aliphatic carbocycles. The van der Waals surface area contributed by atoms with Crippen molar-refractivity contribution in [2.75, 3.05) is 19.9 Å². The Kier molecular flexibility index (Phi) is 12.4. The molecule has 2 aliphatic heterocycles. The third kappa shape index (κ3) is 9.35. The minimum atomic E-state index is 0.325. The van der Waals surface area contributed by atoms with E-state index in [1.54, 1.807) is 0 Å². The van der Waals surface area contributed by atoms with Gasteiger partial charge in [-0.15, -0.1) is 0 Å². The van der Waals surface area contributed by atoms with Gasteiger partial charge in [0.15, 0.2) is 11.5 Å². The Morgan fingerprint density at radius 2 is 1.50 bits per heavy atom. The van der Waals surface area contributed by atoms with E-state index in [-0.39, 0.29) is 0 Å². The van der Waals surface area contributed by atoms with Crippen LogP contribution in [0.4, 0.5) is 0 Å². The highest BCUT2D eigenvalue weighted by molar-refractivity contribution is 5.76. The number of fused-ring (bicyclic) bond motifs is 1. The molecule has 3 rings (SSSR count). The average Bonchev–Trinajstić information content (AvgIpc) is 3.34. The topological polar surface area (TPSA) is 38.8 Å². The first kappa shape index (κ1) is 26.6. The van der Waals surface area contributed by atoms with Gasteiger partial charge in [-0.3, -0.25) is 4.79 Å². The summed E-state index contributed by atoms with van der Waals surface area (Å²) in [5, 5.41) is 0. The molecule has 1 aromatic carbocycles. The fraction of sp³-hybridized carbons (Fsp3) is 0.700. The molecule has 1 aromatic rings. The van der Waals surface area contributed by atoms with Crippen molar-refractivity contribution in [3.8, 4) is 11.5 Å². The summed E-state index contributed by atoms with van der Waals surface area (Å²) in [6, 6.07) is 6.38. The molecule has 4 heteroatoms. The van der Waals surface area contributed by atoms with Gasteiger partial charge in [0.25, 0.3) is 0 Å². The fourth-order valence-electron chi connectivity index (χ4n) is 5.08. The van der Waals surface area contributed by atoms with E-state index in [1.807, 2.05) is 6.07 Å². The largest absolute Gasteiger partial charge is 0.454 e. The van der Waals surface area contributed by atoms with E-state index in [2.05, 4.69) is 30.0 Å². The molecule has 1 saturated heterocycles. The van der Waals surface area contributed by atoms with Crippen molar-refractivity contribution in [2.45, 2.75) is 116 Å². The molecule has 4 nitrogen and oxygen atoms in total. The van der Waals surface area contributed by atoms with E-state index in [0.717, 1.165) is 63.1 Å². The van der Waals surface area contributed by atoms with Crippen molar-refractivity contribution in [3.63, 3.8) is 0 Å². The van der Waals surface area contributed by atoms with Gasteiger partial charge in [0.1, 0.15) is 0 Å². The summed E-state index contributed by atoms with van der Waals surface area (Å²) in [5.74, 6) is 2.09. The lowest BCUT2D eigenvalue weighted by Gasteiger charge is -2.26. The van der Waals surface area contributed by atoms with Crippen LogP contribution in [0.5, 0.6) is 11.5 Å². The Morgan fingerprint density at radius 3 is 2.29 bits per heavy atom. The Balaban J connectivity index is 1.41. The van der Waals surface area contributed by atoms with Crippen LogP contribution in [0.15, 0.2) is 24.3 Å². The van der Waals surface area contributed by atoms with Gasteiger partial charge < -0.3 is 14.4 Å². The molecule has 0 aromatic heterocycles. The SMILES string of the molecule is CCCCCCCCCCC(=CCCCCCC(=O)N1CCCCC1)c1ccc2c(c1)OCO2. The highest BCUT2D eigenvalue weighted by atomic mass is 16.7. The maximum atomic E-state index is 12.4. The monoisotopic (exact) mass is 469 g/mol. The fourth-order valence-corrected chi connectivity index (χ4v) is 5.08. The number of carbonyl (C=O) groups is 1. The number of amides is 1. The summed E-state index contributed by atoms with van der Waals surface area (Å²) in [7, 11) is 0. The van der Waals surface area contributed by atoms with Crippen LogP contribution >= 0.6 is 0 Å². The molecular weight excluding hydrogens is 422 g/mol. The predicted octanol–water partition coefficient (Wildman–Crippen LogP) is 8.29. The van der Waals surface area contributed by atoms with Crippen molar-refractivity contribution in [2.24, 2.45) is 0 Å². The molecule has 2 heterocycles. The molecule has 34 heavy (non-hydrogen) atoms. The van der Waals surface area contributed by atoms with Crippen molar-refractivity contribution in [1.29, 1.82) is 0 Å². The number of hydrogen-bond acceptors (Lipinski definition) is 3. The lowest BCUT2D eigenvalue weighted by atomic mass is 9.96. The number of benzene rings is 1. The zero-order valence-corrected chi connectivity index (χ0v) is 21.6. The van der Waals surface area contributed by atoms with Crippen LogP contribution in [-0.4, -0.2) is 30.7 Å². The molecule has 0 saturated carbocycles. The molecule has 1 amide bonds. The summed E-state index contributed by atoms with van der Waals surface area (Å²) in [6.45, 7) is 4.55. The van der Waals surface area contributed by atoms with Gasteiger partial charge in [0.2, 0.25) is 12.7 Å². The standard InChI is InChI=1S/C30H47NO3/c1-2-3-4-5-6-7-8-12-17-26(27-20-21-28-29(24-27)34-25-33-28)18-13-9-10-14-19-30(32)31-22-15-11-16-23-31/h18,20-21,24H,2-17,19,22-23,25H2,1H3.